The van der Waals surface area contributed by atoms with E-state index in [0.717, 1.165) is 23.9 Å². The third-order valence-corrected chi connectivity index (χ3v) is 3.72. The van der Waals surface area contributed by atoms with Crippen molar-refractivity contribution in [3.63, 3.8) is 0 Å². The van der Waals surface area contributed by atoms with Crippen molar-refractivity contribution in [3.8, 4) is 0 Å². The molecular formula is C11H17N3OS. The van der Waals surface area contributed by atoms with Gasteiger partial charge in [-0.3, -0.25) is 4.79 Å². The lowest BCUT2D eigenvalue weighted by Crippen LogP contribution is -2.25. The summed E-state index contributed by atoms with van der Waals surface area (Å²) in [4.78, 5) is 15.9. The number of hydrogen-bond acceptors (Lipinski definition) is 4. The molecule has 2 rings (SSSR count). The molecule has 0 radical (unpaired) electrons. The summed E-state index contributed by atoms with van der Waals surface area (Å²) in [6, 6.07) is -0.0991. The number of nitrogens with one attached hydrogen (secondary N) is 1. The summed E-state index contributed by atoms with van der Waals surface area (Å²) in [6.07, 6.45) is 3.73. The molecule has 1 aliphatic rings. The molecule has 0 spiro atoms. The Morgan fingerprint density at radius 3 is 3.06 bits per heavy atom. The first-order chi connectivity index (χ1) is 7.66. The summed E-state index contributed by atoms with van der Waals surface area (Å²) < 4.78 is 0. The fourth-order valence-corrected chi connectivity index (χ4v) is 2.25. The molecule has 1 aromatic rings. The number of thiazole rings is 1. The van der Waals surface area contributed by atoms with Crippen LogP contribution in [0.4, 0.5) is 0 Å². The van der Waals surface area contributed by atoms with E-state index in [1.807, 2.05) is 6.92 Å². The van der Waals surface area contributed by atoms with Crippen molar-refractivity contribution in [1.82, 2.24) is 10.3 Å². The highest BCUT2D eigenvalue weighted by molar-refractivity contribution is 7.09. The van der Waals surface area contributed by atoms with Crippen LogP contribution in [-0.4, -0.2) is 17.4 Å². The van der Waals surface area contributed by atoms with Gasteiger partial charge in [-0.15, -0.1) is 11.3 Å². The summed E-state index contributed by atoms with van der Waals surface area (Å²) in [5, 5.41) is 5.47. The van der Waals surface area contributed by atoms with Crippen molar-refractivity contribution < 1.29 is 4.79 Å². The van der Waals surface area contributed by atoms with E-state index in [1.54, 1.807) is 5.38 Å². The maximum absolute atomic E-state index is 11.7. The van der Waals surface area contributed by atoms with Gasteiger partial charge in [-0.2, -0.15) is 0 Å². The average molecular weight is 239 g/mol. The highest BCUT2D eigenvalue weighted by Crippen LogP contribution is 2.31. The molecule has 0 bridgehead atoms. The number of hydrogen-bond donors (Lipinski definition) is 2. The van der Waals surface area contributed by atoms with Crippen molar-refractivity contribution in [1.29, 1.82) is 0 Å². The molecule has 1 aromatic heterocycles. The molecule has 1 saturated carbocycles. The summed E-state index contributed by atoms with van der Waals surface area (Å²) in [5.74, 6) is 0.763. The van der Waals surface area contributed by atoms with Crippen LogP contribution in [0.1, 0.15) is 47.7 Å². The van der Waals surface area contributed by atoms with Crippen LogP contribution >= 0.6 is 11.3 Å². The first kappa shape index (κ1) is 11.5. The Morgan fingerprint density at radius 1 is 1.75 bits per heavy atom. The Balaban J connectivity index is 1.82. The van der Waals surface area contributed by atoms with E-state index in [1.165, 1.54) is 24.2 Å². The Morgan fingerprint density at radius 2 is 2.50 bits per heavy atom. The second-order valence-electron chi connectivity index (χ2n) is 4.35. The molecule has 3 N–H and O–H groups in total. The van der Waals surface area contributed by atoms with Crippen molar-refractivity contribution in [2.45, 2.75) is 32.2 Å². The first-order valence-electron chi connectivity index (χ1n) is 5.66. The number of carbonyl (C=O) groups is 1. The lowest BCUT2D eigenvalue weighted by molar-refractivity contribution is 0.0948. The third kappa shape index (κ3) is 3.02. The number of carbonyl (C=O) groups excluding carboxylic acids is 1. The van der Waals surface area contributed by atoms with Gasteiger partial charge in [0.25, 0.3) is 5.91 Å². The second kappa shape index (κ2) is 4.93. The Hall–Kier alpha value is -0.940. The van der Waals surface area contributed by atoms with Gasteiger partial charge in [-0.05, 0) is 19.3 Å². The maximum atomic E-state index is 11.7. The molecule has 1 atom stereocenters. The number of nitrogens with two attached hydrogens (primary N) is 1. The molecule has 1 aliphatic carbocycles. The number of nitrogens with zero attached hydrogens (tertiary/aromatic N) is 1. The Bertz CT molecular complexity index is 371. The summed E-state index contributed by atoms with van der Waals surface area (Å²) >= 11 is 1.44. The quantitative estimate of drug-likeness (QED) is 0.821. The average Bonchev–Trinajstić information content (AvgIpc) is 2.93. The molecule has 1 unspecified atom stereocenters. The molecule has 0 aliphatic heterocycles. The predicted octanol–water partition coefficient (Wildman–Crippen LogP) is 1.69. The predicted molar refractivity (Wildman–Crippen MR) is 64.4 cm³/mol. The van der Waals surface area contributed by atoms with Gasteiger partial charge in [0.15, 0.2) is 0 Å². The second-order valence-corrected chi connectivity index (χ2v) is 5.24. The van der Waals surface area contributed by atoms with E-state index in [2.05, 4.69) is 10.3 Å². The van der Waals surface area contributed by atoms with E-state index < -0.39 is 0 Å². The minimum absolute atomic E-state index is 0.0798. The summed E-state index contributed by atoms with van der Waals surface area (Å²) in [7, 11) is 0. The van der Waals surface area contributed by atoms with Gasteiger partial charge in [0.2, 0.25) is 0 Å². The molecule has 0 aromatic carbocycles. The van der Waals surface area contributed by atoms with E-state index in [9.17, 15) is 4.79 Å². The van der Waals surface area contributed by atoms with Gasteiger partial charge < -0.3 is 11.1 Å². The topological polar surface area (TPSA) is 68.0 Å². The van der Waals surface area contributed by atoms with Gasteiger partial charge in [-0.1, -0.05) is 12.8 Å². The summed E-state index contributed by atoms with van der Waals surface area (Å²) in [5.41, 5.74) is 6.19. The lowest BCUT2D eigenvalue weighted by atomic mass is 10.3. The van der Waals surface area contributed by atoms with Crippen LogP contribution in [0.5, 0.6) is 0 Å². The van der Waals surface area contributed by atoms with Crippen molar-refractivity contribution in [2.75, 3.05) is 6.54 Å². The van der Waals surface area contributed by atoms with Crippen LogP contribution in [0, 0.1) is 5.92 Å². The fraction of sp³-hybridized carbons (Fsp3) is 0.636. The molecule has 4 nitrogen and oxygen atoms in total. The zero-order chi connectivity index (χ0) is 11.5. The minimum Gasteiger partial charge on any atom is -0.351 e. The van der Waals surface area contributed by atoms with Crippen LogP contribution < -0.4 is 11.1 Å². The zero-order valence-electron chi connectivity index (χ0n) is 9.40. The van der Waals surface area contributed by atoms with Crippen LogP contribution in [0.3, 0.4) is 0 Å². The van der Waals surface area contributed by atoms with Crippen molar-refractivity contribution >= 4 is 17.2 Å². The van der Waals surface area contributed by atoms with E-state index in [0.29, 0.717) is 5.69 Å². The molecule has 16 heavy (non-hydrogen) atoms. The van der Waals surface area contributed by atoms with E-state index >= 15 is 0 Å². The fourth-order valence-electron chi connectivity index (χ4n) is 1.49. The lowest BCUT2D eigenvalue weighted by Gasteiger charge is -2.01. The van der Waals surface area contributed by atoms with Crippen LogP contribution in [0.25, 0.3) is 0 Å². The number of rotatable bonds is 5. The normalized spacial score (nSPS) is 17.1. The zero-order valence-corrected chi connectivity index (χ0v) is 10.2. The van der Waals surface area contributed by atoms with Gasteiger partial charge >= 0.3 is 0 Å². The van der Waals surface area contributed by atoms with Crippen LogP contribution in [-0.2, 0) is 0 Å². The van der Waals surface area contributed by atoms with Crippen molar-refractivity contribution in [2.24, 2.45) is 11.7 Å². The van der Waals surface area contributed by atoms with Gasteiger partial charge in [0, 0.05) is 11.9 Å². The van der Waals surface area contributed by atoms with Gasteiger partial charge in [0.05, 0.1) is 6.04 Å². The molecule has 88 valence electrons. The molecule has 1 fully saturated rings. The standard InChI is InChI=1S/C11H17N3OS/c1-7(12)11-14-9(6-16-11)10(15)13-5-4-8-2-3-8/h6-8H,2-5,12H2,1H3,(H,13,15). The number of aromatic nitrogens is 1. The van der Waals surface area contributed by atoms with Gasteiger partial charge in [0.1, 0.15) is 10.7 Å². The largest absolute Gasteiger partial charge is 0.351 e. The molecule has 1 heterocycles. The smallest absolute Gasteiger partial charge is 0.270 e. The van der Waals surface area contributed by atoms with Gasteiger partial charge in [-0.25, -0.2) is 4.98 Å². The third-order valence-electron chi connectivity index (χ3n) is 2.68. The van der Waals surface area contributed by atoms with E-state index in [4.69, 9.17) is 5.73 Å². The van der Waals surface area contributed by atoms with Crippen molar-refractivity contribution in [3.05, 3.63) is 16.1 Å². The summed E-state index contributed by atoms with van der Waals surface area (Å²) in [6.45, 7) is 2.63. The molecule has 0 saturated heterocycles. The Labute approximate surface area is 99.3 Å². The monoisotopic (exact) mass is 239 g/mol. The molecule has 1 amide bonds. The van der Waals surface area contributed by atoms with Crippen LogP contribution in [0.2, 0.25) is 0 Å². The highest BCUT2D eigenvalue weighted by Gasteiger charge is 2.21. The molecular weight excluding hydrogens is 222 g/mol. The SMILES string of the molecule is CC(N)c1nc(C(=O)NCCC2CC2)cs1. The maximum Gasteiger partial charge on any atom is 0.270 e. The van der Waals surface area contributed by atoms with E-state index in [-0.39, 0.29) is 11.9 Å². The van der Waals surface area contributed by atoms with Crippen LogP contribution in [0.15, 0.2) is 5.38 Å². The molecule has 5 heteroatoms. The number of amides is 1. The Kier molecular flexibility index (Phi) is 3.56. The highest BCUT2D eigenvalue weighted by atomic mass is 32.1. The first-order valence-corrected chi connectivity index (χ1v) is 6.54. The minimum atomic E-state index is -0.0991.